The predicted molar refractivity (Wildman–Crippen MR) is 133 cm³/mol. The van der Waals surface area contributed by atoms with Gasteiger partial charge >= 0.3 is 0 Å². The summed E-state index contributed by atoms with van der Waals surface area (Å²) in [6.07, 6.45) is 3.62. The summed E-state index contributed by atoms with van der Waals surface area (Å²) in [7, 11) is 0. The van der Waals surface area contributed by atoms with Crippen molar-refractivity contribution in [3.63, 3.8) is 0 Å². The molecule has 2 atom stereocenters. The van der Waals surface area contributed by atoms with Gasteiger partial charge in [0.05, 0.1) is 0 Å². The van der Waals surface area contributed by atoms with E-state index in [1.165, 1.54) is 11.1 Å². The molecular formula is C28H36N4O2. The zero-order chi connectivity index (χ0) is 23.3. The van der Waals surface area contributed by atoms with E-state index < -0.39 is 0 Å². The minimum atomic E-state index is -0.328. The van der Waals surface area contributed by atoms with Crippen LogP contribution in [0.15, 0.2) is 60.7 Å². The first-order chi connectivity index (χ1) is 16.7. The Bertz CT molecular complexity index is 957. The van der Waals surface area contributed by atoms with Gasteiger partial charge in [-0.05, 0) is 36.8 Å². The minimum absolute atomic E-state index is 0.129. The van der Waals surface area contributed by atoms with Crippen LogP contribution in [0.25, 0.3) is 0 Å². The molecule has 1 saturated carbocycles. The molecule has 2 unspecified atom stereocenters. The van der Waals surface area contributed by atoms with Gasteiger partial charge < -0.3 is 15.1 Å². The number of likely N-dealkylation sites (tertiary alicyclic amines) is 1. The SMILES string of the molecule is O=C(C1CC(N(CCc2ccccc2)Cc2ccccc2)CN1C(=O)C1CC1)N1CCNCC1. The molecule has 6 heteroatoms. The third-order valence-corrected chi connectivity index (χ3v) is 7.48. The molecule has 6 nitrogen and oxygen atoms in total. The van der Waals surface area contributed by atoms with E-state index in [2.05, 4.69) is 64.8 Å². The van der Waals surface area contributed by atoms with Crippen LogP contribution in [0.3, 0.4) is 0 Å². The molecule has 5 rings (SSSR count). The molecule has 1 aliphatic carbocycles. The Morgan fingerprint density at radius 2 is 1.53 bits per heavy atom. The molecule has 34 heavy (non-hydrogen) atoms. The van der Waals surface area contributed by atoms with Gasteiger partial charge in [-0.2, -0.15) is 0 Å². The van der Waals surface area contributed by atoms with Crippen LogP contribution in [0.2, 0.25) is 0 Å². The molecular weight excluding hydrogens is 424 g/mol. The lowest BCUT2D eigenvalue weighted by Gasteiger charge is -2.32. The summed E-state index contributed by atoms with van der Waals surface area (Å²) >= 11 is 0. The van der Waals surface area contributed by atoms with Gasteiger partial charge in [0.2, 0.25) is 11.8 Å². The maximum absolute atomic E-state index is 13.5. The summed E-state index contributed by atoms with van der Waals surface area (Å²) in [6.45, 7) is 5.51. The van der Waals surface area contributed by atoms with Crippen molar-refractivity contribution in [2.45, 2.75) is 44.3 Å². The smallest absolute Gasteiger partial charge is 0.245 e. The van der Waals surface area contributed by atoms with Gasteiger partial charge in [-0.1, -0.05) is 60.7 Å². The van der Waals surface area contributed by atoms with Crippen molar-refractivity contribution in [3.05, 3.63) is 71.8 Å². The largest absolute Gasteiger partial charge is 0.338 e. The summed E-state index contributed by atoms with van der Waals surface area (Å²) in [4.78, 5) is 33.2. The Balaban J connectivity index is 1.35. The Hall–Kier alpha value is -2.70. The summed E-state index contributed by atoms with van der Waals surface area (Å²) < 4.78 is 0. The first-order valence-electron chi connectivity index (χ1n) is 12.8. The summed E-state index contributed by atoms with van der Waals surface area (Å²) in [5.74, 6) is 0.461. The number of hydrogen-bond donors (Lipinski definition) is 1. The number of amides is 2. The zero-order valence-corrected chi connectivity index (χ0v) is 19.9. The van der Waals surface area contributed by atoms with Gasteiger partial charge in [0, 0.05) is 57.8 Å². The lowest BCUT2D eigenvalue weighted by Crippen LogP contribution is -2.53. The van der Waals surface area contributed by atoms with Crippen LogP contribution in [0.4, 0.5) is 0 Å². The molecule has 3 aliphatic rings. The monoisotopic (exact) mass is 460 g/mol. The molecule has 2 aromatic rings. The van der Waals surface area contributed by atoms with Gasteiger partial charge in [-0.15, -0.1) is 0 Å². The Labute approximate surface area is 202 Å². The maximum Gasteiger partial charge on any atom is 0.245 e. The number of piperazine rings is 1. The summed E-state index contributed by atoms with van der Waals surface area (Å²) in [6, 6.07) is 21.0. The van der Waals surface area contributed by atoms with Crippen molar-refractivity contribution in [2.24, 2.45) is 5.92 Å². The van der Waals surface area contributed by atoms with Crippen molar-refractivity contribution in [1.82, 2.24) is 20.0 Å². The first-order valence-corrected chi connectivity index (χ1v) is 12.8. The molecule has 180 valence electrons. The standard InChI is InChI=1S/C28H36N4O2/c33-27(24-11-12-24)32-21-25(19-26(32)28(34)30-17-14-29-15-18-30)31(20-23-9-5-2-6-10-23)16-13-22-7-3-1-4-8-22/h1-10,24-26,29H,11-21H2. The minimum Gasteiger partial charge on any atom is -0.338 e. The van der Waals surface area contributed by atoms with E-state index in [0.717, 1.165) is 65.0 Å². The van der Waals surface area contributed by atoms with E-state index in [1.807, 2.05) is 15.9 Å². The number of benzene rings is 2. The number of nitrogens with one attached hydrogen (secondary N) is 1. The van der Waals surface area contributed by atoms with Crippen LogP contribution in [0.5, 0.6) is 0 Å². The quantitative estimate of drug-likeness (QED) is 0.658. The molecule has 0 spiro atoms. The molecule has 0 aromatic heterocycles. The Kier molecular flexibility index (Phi) is 7.26. The average molecular weight is 461 g/mol. The maximum atomic E-state index is 13.5. The van der Waals surface area contributed by atoms with E-state index in [9.17, 15) is 9.59 Å². The third kappa shape index (κ3) is 5.50. The third-order valence-electron chi connectivity index (χ3n) is 7.48. The molecule has 2 aromatic carbocycles. The fourth-order valence-electron chi connectivity index (χ4n) is 5.34. The van der Waals surface area contributed by atoms with Crippen molar-refractivity contribution in [2.75, 3.05) is 39.3 Å². The highest BCUT2D eigenvalue weighted by atomic mass is 16.2. The average Bonchev–Trinajstić information content (AvgIpc) is 3.65. The van der Waals surface area contributed by atoms with E-state index in [4.69, 9.17) is 0 Å². The fraction of sp³-hybridized carbons (Fsp3) is 0.500. The van der Waals surface area contributed by atoms with Gasteiger partial charge in [-0.25, -0.2) is 0 Å². The highest BCUT2D eigenvalue weighted by Crippen LogP contribution is 2.35. The van der Waals surface area contributed by atoms with Gasteiger partial charge in [0.1, 0.15) is 6.04 Å². The highest BCUT2D eigenvalue weighted by Gasteiger charge is 2.46. The van der Waals surface area contributed by atoms with Crippen LogP contribution < -0.4 is 5.32 Å². The molecule has 3 fully saturated rings. The summed E-state index contributed by atoms with van der Waals surface area (Å²) in [5, 5.41) is 3.33. The Morgan fingerprint density at radius 1 is 0.882 bits per heavy atom. The van der Waals surface area contributed by atoms with Gasteiger partial charge in [0.15, 0.2) is 0 Å². The van der Waals surface area contributed by atoms with Crippen molar-refractivity contribution < 1.29 is 9.59 Å². The number of nitrogens with zero attached hydrogens (tertiary/aromatic N) is 3. The van der Waals surface area contributed by atoms with Crippen LogP contribution >= 0.6 is 0 Å². The lowest BCUT2D eigenvalue weighted by atomic mass is 10.1. The van der Waals surface area contributed by atoms with Crippen LogP contribution in [0.1, 0.15) is 30.4 Å². The van der Waals surface area contributed by atoms with Crippen LogP contribution in [0, 0.1) is 5.92 Å². The number of hydrogen-bond acceptors (Lipinski definition) is 4. The molecule has 2 heterocycles. The molecule has 0 radical (unpaired) electrons. The second-order valence-electron chi connectivity index (χ2n) is 9.94. The fourth-order valence-corrected chi connectivity index (χ4v) is 5.34. The normalized spacial score (nSPS) is 22.9. The lowest BCUT2D eigenvalue weighted by molar-refractivity contribution is -0.144. The topological polar surface area (TPSA) is 55.9 Å². The summed E-state index contributed by atoms with van der Waals surface area (Å²) in [5.41, 5.74) is 2.59. The molecule has 0 bridgehead atoms. The van der Waals surface area contributed by atoms with Gasteiger partial charge in [-0.3, -0.25) is 14.5 Å². The molecule has 2 aliphatic heterocycles. The molecule has 2 saturated heterocycles. The van der Waals surface area contributed by atoms with Crippen LogP contribution in [-0.4, -0.2) is 77.9 Å². The van der Waals surface area contributed by atoms with E-state index >= 15 is 0 Å². The first kappa shape index (κ1) is 23.1. The zero-order valence-electron chi connectivity index (χ0n) is 19.9. The van der Waals surface area contributed by atoms with Crippen molar-refractivity contribution >= 4 is 11.8 Å². The van der Waals surface area contributed by atoms with Crippen molar-refractivity contribution in [3.8, 4) is 0 Å². The van der Waals surface area contributed by atoms with Crippen LogP contribution in [-0.2, 0) is 22.6 Å². The van der Waals surface area contributed by atoms with Gasteiger partial charge in [0.25, 0.3) is 0 Å². The predicted octanol–water partition coefficient (Wildman–Crippen LogP) is 2.54. The number of carbonyl (C=O) groups is 2. The van der Waals surface area contributed by atoms with Crippen molar-refractivity contribution in [1.29, 1.82) is 0 Å². The van der Waals surface area contributed by atoms with E-state index in [0.29, 0.717) is 6.54 Å². The number of rotatable bonds is 8. The molecule has 1 N–H and O–H groups in total. The second-order valence-corrected chi connectivity index (χ2v) is 9.94. The number of carbonyl (C=O) groups excluding carboxylic acids is 2. The Morgan fingerprint density at radius 3 is 2.18 bits per heavy atom. The second kappa shape index (κ2) is 10.7. The molecule has 2 amide bonds. The van der Waals surface area contributed by atoms with E-state index in [1.54, 1.807) is 0 Å². The highest BCUT2D eigenvalue weighted by molar-refractivity contribution is 5.90. The van der Waals surface area contributed by atoms with E-state index in [-0.39, 0.29) is 29.8 Å².